The van der Waals surface area contributed by atoms with Crippen LogP contribution >= 0.6 is 13.5 Å². The van der Waals surface area contributed by atoms with Crippen LogP contribution in [0, 0.1) is 38.5 Å². The van der Waals surface area contributed by atoms with E-state index in [1.165, 1.54) is 12.8 Å². The maximum Gasteiger partial charge on any atom is 0.310 e. The molecule has 0 radical (unpaired) electrons. The van der Waals surface area contributed by atoms with Crippen LogP contribution in [-0.2, 0) is 32.5 Å². The summed E-state index contributed by atoms with van der Waals surface area (Å²) in [5.41, 5.74) is 4.84. The van der Waals surface area contributed by atoms with E-state index in [0.717, 1.165) is 77.5 Å². The molecule has 3 aliphatic heterocycles. The van der Waals surface area contributed by atoms with Crippen molar-refractivity contribution in [2.75, 3.05) is 44.7 Å². The van der Waals surface area contributed by atoms with E-state index in [-0.39, 0.29) is 36.4 Å². The highest BCUT2D eigenvalue weighted by molar-refractivity contribution is 7.89. The van der Waals surface area contributed by atoms with Crippen molar-refractivity contribution < 1.29 is 23.1 Å². The molecule has 2 N–H and O–H groups in total. The van der Waals surface area contributed by atoms with Crippen molar-refractivity contribution in [3.05, 3.63) is 81.4 Å². The summed E-state index contributed by atoms with van der Waals surface area (Å²) >= 11 is 0. The molecule has 2 atom stereocenters. The van der Waals surface area contributed by atoms with Gasteiger partial charge in [-0.2, -0.15) is 17.8 Å². The summed E-state index contributed by atoms with van der Waals surface area (Å²) in [6, 6.07) is 9.92. The van der Waals surface area contributed by atoms with Gasteiger partial charge in [-0.3, -0.25) is 9.20 Å². The van der Waals surface area contributed by atoms with Crippen LogP contribution in [0.4, 0.5) is 5.82 Å². The van der Waals surface area contributed by atoms with Gasteiger partial charge in [0.25, 0.3) is 0 Å². The van der Waals surface area contributed by atoms with Crippen LogP contribution in [0.2, 0.25) is 0 Å². The number of aryl methyl sites for hydroxylation is 4. The quantitative estimate of drug-likeness (QED) is 0.192. The zero-order valence-corrected chi connectivity index (χ0v) is 35.1. The number of ether oxygens (including phenoxy) is 1. The summed E-state index contributed by atoms with van der Waals surface area (Å²) in [6.07, 6.45) is 6.38. The lowest BCUT2D eigenvalue weighted by molar-refractivity contribution is -0.147. The Hall–Kier alpha value is -3.56. The Labute approximate surface area is 332 Å². The van der Waals surface area contributed by atoms with Gasteiger partial charge >= 0.3 is 5.97 Å². The topological polar surface area (TPSA) is 142 Å². The number of nitrogens with zero attached hydrogens (tertiary/aromatic N) is 6. The van der Waals surface area contributed by atoms with Gasteiger partial charge in [-0.25, -0.2) is 13.4 Å². The second-order valence-electron chi connectivity index (χ2n) is 16.7. The summed E-state index contributed by atoms with van der Waals surface area (Å²) < 4.78 is 39.1. The highest BCUT2D eigenvalue weighted by atomic mass is 32.2. The number of pyridine rings is 2. The van der Waals surface area contributed by atoms with E-state index in [4.69, 9.17) is 9.72 Å². The molecule has 6 heterocycles. The number of hydrogen-bond donors (Lipinski definition) is 2. The van der Waals surface area contributed by atoms with E-state index in [0.29, 0.717) is 37.5 Å². The molecule has 0 bridgehead atoms. The van der Waals surface area contributed by atoms with E-state index in [9.17, 15) is 18.3 Å². The Kier molecular flexibility index (Phi) is 11.8. The third kappa shape index (κ3) is 7.89. The molecular formula is C41H57N7O5S2. The van der Waals surface area contributed by atoms with Crippen molar-refractivity contribution >= 4 is 41.0 Å². The van der Waals surface area contributed by atoms with Crippen LogP contribution in [0.1, 0.15) is 97.3 Å². The van der Waals surface area contributed by atoms with Crippen molar-refractivity contribution in [1.29, 1.82) is 0 Å². The summed E-state index contributed by atoms with van der Waals surface area (Å²) in [6.45, 7) is 18.2. The van der Waals surface area contributed by atoms with Gasteiger partial charge in [-0.15, -0.1) is 10.2 Å². The van der Waals surface area contributed by atoms with Crippen LogP contribution in [0.5, 0.6) is 0 Å². The van der Waals surface area contributed by atoms with Gasteiger partial charge in [0.15, 0.2) is 5.65 Å². The number of aliphatic carboxylic acids is 1. The standard InChI is InChI=1S/C41H55N7O5S.H2S/c1-26-10-11-31(36(40(6,7)39(49)50)33-12-17-48-30(5)44-45-38(48)29(33)4)21-32(26)24-47-25-41(13-18-53-19-14-41)22-34-35(54(47,51)52)20-27(2)37(43-34)42-28(3)23-46-15-8-9-16-46;/h10-12,17,20-21,28,36H,8-9,13-16,18-19,22-25H2,1-7H3,(H,42,43)(H,49,50);1H2/t28-,36+;/m0./s1. The fourth-order valence-corrected chi connectivity index (χ4v) is 10.7. The number of hydrogen-bond acceptors (Lipinski definition) is 9. The van der Waals surface area contributed by atoms with E-state index in [1.54, 1.807) is 18.2 Å². The molecule has 12 nitrogen and oxygen atoms in total. The van der Waals surface area contributed by atoms with Gasteiger partial charge in [-0.05, 0) is 145 Å². The molecule has 3 aliphatic rings. The summed E-state index contributed by atoms with van der Waals surface area (Å²) in [4.78, 5) is 20.7. The fraction of sp³-hybridized carbons (Fsp3) is 0.561. The zero-order valence-electron chi connectivity index (χ0n) is 33.3. The van der Waals surface area contributed by atoms with Crippen LogP contribution in [0.25, 0.3) is 5.65 Å². The van der Waals surface area contributed by atoms with Crippen molar-refractivity contribution in [2.45, 2.75) is 104 Å². The molecular weight excluding hydrogens is 735 g/mol. The van der Waals surface area contributed by atoms with E-state index in [2.05, 4.69) is 27.3 Å². The van der Waals surface area contributed by atoms with Gasteiger partial charge in [0.1, 0.15) is 16.5 Å². The normalized spacial score (nSPS) is 19.8. The molecule has 14 heteroatoms. The Balaban J connectivity index is 0.00000514. The second-order valence-corrected chi connectivity index (χ2v) is 18.6. The maximum absolute atomic E-state index is 14.9. The Morgan fingerprint density at radius 1 is 1.04 bits per heavy atom. The molecule has 0 unspecified atom stereocenters. The minimum atomic E-state index is -3.97. The molecule has 0 saturated carbocycles. The lowest BCUT2D eigenvalue weighted by Crippen LogP contribution is -2.43. The molecule has 2 fully saturated rings. The molecule has 1 aromatic carbocycles. The number of sulfonamides is 1. The fourth-order valence-electron chi connectivity index (χ4n) is 8.91. The number of fused-ring (bicyclic) bond motifs is 2. The number of benzene rings is 1. The predicted molar refractivity (Wildman–Crippen MR) is 219 cm³/mol. The Bertz CT molecular complexity index is 2170. The number of carboxylic acids is 1. The molecule has 55 heavy (non-hydrogen) atoms. The summed E-state index contributed by atoms with van der Waals surface area (Å²) in [5.74, 6) is 0.0164. The molecule has 2 saturated heterocycles. The Morgan fingerprint density at radius 2 is 1.75 bits per heavy atom. The molecule has 0 amide bonds. The van der Waals surface area contributed by atoms with Crippen molar-refractivity contribution in [3.63, 3.8) is 0 Å². The van der Waals surface area contributed by atoms with E-state index < -0.39 is 27.3 Å². The lowest BCUT2D eigenvalue weighted by Gasteiger charge is -2.38. The monoisotopic (exact) mass is 791 g/mol. The number of aromatic nitrogens is 4. The SMILES string of the molecule is Cc1ccc([C@H](c2ccn3c(C)nnc3c2C)C(C)(C)C(=O)O)cc1CN1CC2(CCOCC2)Cc2nc(N[C@@H](C)CN3CCCC3)c(C)cc2S1(=O)=O.S. The lowest BCUT2D eigenvalue weighted by atomic mass is 9.70. The number of nitrogens with one attached hydrogen (secondary N) is 1. The molecule has 4 aromatic rings. The van der Waals surface area contributed by atoms with Gasteiger partial charge < -0.3 is 20.1 Å². The number of likely N-dealkylation sites (tertiary alicyclic amines) is 1. The molecule has 7 rings (SSSR count). The largest absolute Gasteiger partial charge is 0.481 e. The minimum Gasteiger partial charge on any atom is -0.481 e. The van der Waals surface area contributed by atoms with Crippen LogP contribution in [-0.4, -0.2) is 93.7 Å². The van der Waals surface area contributed by atoms with Gasteiger partial charge in [-0.1, -0.05) is 18.2 Å². The second kappa shape index (κ2) is 15.8. The summed E-state index contributed by atoms with van der Waals surface area (Å²) in [7, 11) is -3.97. The minimum absolute atomic E-state index is 0. The van der Waals surface area contributed by atoms with Gasteiger partial charge in [0.2, 0.25) is 10.0 Å². The number of anilines is 1. The third-order valence-corrected chi connectivity index (χ3v) is 14.1. The van der Waals surface area contributed by atoms with Crippen molar-refractivity contribution in [3.8, 4) is 0 Å². The van der Waals surface area contributed by atoms with Crippen LogP contribution in [0.15, 0.2) is 41.4 Å². The van der Waals surface area contributed by atoms with E-state index in [1.807, 2.05) is 68.6 Å². The first-order valence-corrected chi connectivity index (χ1v) is 20.7. The van der Waals surface area contributed by atoms with Gasteiger partial charge in [0, 0.05) is 51.0 Å². The predicted octanol–water partition coefficient (Wildman–Crippen LogP) is 6.15. The third-order valence-electron chi connectivity index (χ3n) is 12.3. The number of carbonyl (C=O) groups is 1. The van der Waals surface area contributed by atoms with E-state index >= 15 is 0 Å². The number of carboxylic acid groups (broad SMARTS) is 1. The molecule has 0 aliphatic carbocycles. The highest BCUT2D eigenvalue weighted by Gasteiger charge is 2.45. The van der Waals surface area contributed by atoms with Crippen LogP contribution in [0.3, 0.4) is 0 Å². The smallest absolute Gasteiger partial charge is 0.310 e. The zero-order chi connectivity index (χ0) is 38.6. The first-order chi connectivity index (χ1) is 25.6. The first kappa shape index (κ1) is 41.1. The average molecular weight is 792 g/mol. The molecule has 298 valence electrons. The van der Waals surface area contributed by atoms with Crippen molar-refractivity contribution in [1.82, 2.24) is 28.8 Å². The summed E-state index contributed by atoms with van der Waals surface area (Å²) in [5, 5.41) is 22.8. The van der Waals surface area contributed by atoms with Gasteiger partial charge in [0.05, 0.1) is 11.1 Å². The molecule has 1 spiro atoms. The Morgan fingerprint density at radius 3 is 2.44 bits per heavy atom. The molecule has 3 aromatic heterocycles. The maximum atomic E-state index is 14.9. The van der Waals surface area contributed by atoms with Crippen molar-refractivity contribution in [2.24, 2.45) is 10.8 Å². The van der Waals surface area contributed by atoms with Crippen LogP contribution < -0.4 is 5.32 Å². The average Bonchev–Trinajstić information content (AvgIpc) is 3.76. The number of rotatable bonds is 10. The highest BCUT2D eigenvalue weighted by Crippen LogP contribution is 2.45. The first-order valence-electron chi connectivity index (χ1n) is 19.3.